The molecule has 0 aliphatic carbocycles. The van der Waals surface area contributed by atoms with Crippen molar-refractivity contribution in [1.29, 1.82) is 0 Å². The number of nitrogens with zero attached hydrogens (tertiary/aromatic N) is 4. The molecule has 3 aliphatic rings. The van der Waals surface area contributed by atoms with Crippen molar-refractivity contribution in [1.82, 2.24) is 14.7 Å². The summed E-state index contributed by atoms with van der Waals surface area (Å²) >= 11 is 0. The second kappa shape index (κ2) is 15.1. The van der Waals surface area contributed by atoms with Crippen LogP contribution in [0.5, 0.6) is 0 Å². The predicted molar refractivity (Wildman–Crippen MR) is 164 cm³/mol. The number of hydrogen-bond acceptors (Lipinski definition) is 7. The molecule has 0 bridgehead atoms. The number of halogens is 6. The van der Waals surface area contributed by atoms with Crippen molar-refractivity contribution in [2.75, 3.05) is 97.3 Å². The first-order valence-corrected chi connectivity index (χ1v) is 15.9. The number of ether oxygens (including phenoxy) is 3. The number of hydrogen-bond donors (Lipinski definition) is 0. The van der Waals surface area contributed by atoms with Gasteiger partial charge in [0.2, 0.25) is 0 Å². The summed E-state index contributed by atoms with van der Waals surface area (Å²) in [5, 5.41) is 0. The Labute approximate surface area is 271 Å². The third-order valence-electron chi connectivity index (χ3n) is 9.07. The Balaban J connectivity index is 1.39. The Hall–Kier alpha value is -2.91. The van der Waals surface area contributed by atoms with E-state index >= 15 is 0 Å². The molecule has 0 spiro atoms. The average molecular weight is 673 g/mol. The lowest BCUT2D eigenvalue weighted by Gasteiger charge is -2.43. The van der Waals surface area contributed by atoms with Gasteiger partial charge in [0, 0.05) is 83.3 Å². The van der Waals surface area contributed by atoms with Crippen LogP contribution >= 0.6 is 0 Å². The molecule has 0 saturated carbocycles. The zero-order valence-electron chi connectivity index (χ0n) is 26.7. The first kappa shape index (κ1) is 35.4. The average Bonchev–Trinajstić information content (AvgIpc) is 3.04. The highest BCUT2D eigenvalue weighted by Crippen LogP contribution is 2.37. The maximum absolute atomic E-state index is 13.9. The summed E-state index contributed by atoms with van der Waals surface area (Å²) in [6.45, 7) is 9.73. The van der Waals surface area contributed by atoms with E-state index in [2.05, 4.69) is 20.8 Å². The van der Waals surface area contributed by atoms with Crippen molar-refractivity contribution >= 4 is 11.6 Å². The molecule has 0 N–H and O–H groups in total. The van der Waals surface area contributed by atoms with Crippen molar-refractivity contribution in [3.8, 4) is 0 Å². The van der Waals surface area contributed by atoms with E-state index in [0.717, 1.165) is 49.5 Å². The fourth-order valence-corrected chi connectivity index (χ4v) is 6.56. The molecule has 3 fully saturated rings. The maximum atomic E-state index is 13.9. The van der Waals surface area contributed by atoms with Crippen LogP contribution in [0.25, 0.3) is 0 Å². The molecule has 47 heavy (non-hydrogen) atoms. The summed E-state index contributed by atoms with van der Waals surface area (Å²) in [7, 11) is 1.63. The van der Waals surface area contributed by atoms with Gasteiger partial charge in [0.1, 0.15) is 0 Å². The summed E-state index contributed by atoms with van der Waals surface area (Å²) < 4.78 is 98.4. The van der Waals surface area contributed by atoms with Crippen molar-refractivity contribution in [3.63, 3.8) is 0 Å². The van der Waals surface area contributed by atoms with Crippen LogP contribution in [-0.4, -0.2) is 125 Å². The highest BCUT2D eigenvalue weighted by molar-refractivity contribution is 5.95. The SMILES string of the molecule is COCC1CN(CCN2CCN(C(=O)c3cc(C(F)(F)F)cc(C(F)(F)F)c3)C(Cc3ccc(C)c(N4CCOCC4)c3)C2)CCO1. The lowest BCUT2D eigenvalue weighted by atomic mass is 9.97. The zero-order chi connectivity index (χ0) is 33.8. The Morgan fingerprint density at radius 1 is 0.851 bits per heavy atom. The highest BCUT2D eigenvalue weighted by Gasteiger charge is 2.39. The minimum absolute atomic E-state index is 0.0211. The number of alkyl halides is 6. The van der Waals surface area contributed by atoms with Gasteiger partial charge in [0.25, 0.3) is 5.91 Å². The van der Waals surface area contributed by atoms with Crippen LogP contribution in [0.1, 0.15) is 32.6 Å². The van der Waals surface area contributed by atoms with Crippen LogP contribution in [-0.2, 0) is 33.0 Å². The third-order valence-corrected chi connectivity index (χ3v) is 9.07. The van der Waals surface area contributed by atoms with Crippen LogP contribution < -0.4 is 4.90 Å². The minimum Gasteiger partial charge on any atom is -0.382 e. The summed E-state index contributed by atoms with van der Waals surface area (Å²) in [5.41, 5.74) is -0.580. The molecule has 3 aliphatic heterocycles. The molecule has 0 aromatic heterocycles. The number of piperazine rings is 1. The van der Waals surface area contributed by atoms with E-state index in [1.807, 2.05) is 19.1 Å². The Morgan fingerprint density at radius 2 is 1.51 bits per heavy atom. The van der Waals surface area contributed by atoms with Gasteiger partial charge in [-0.05, 0) is 48.7 Å². The van der Waals surface area contributed by atoms with Gasteiger partial charge in [0.05, 0.1) is 43.7 Å². The quantitative estimate of drug-likeness (QED) is 0.362. The largest absolute Gasteiger partial charge is 0.416 e. The molecule has 260 valence electrons. The summed E-state index contributed by atoms with van der Waals surface area (Å²) in [6.07, 6.45) is -9.73. The second-order valence-electron chi connectivity index (χ2n) is 12.4. The number of carbonyl (C=O) groups is 1. The molecule has 5 rings (SSSR count). The number of amides is 1. The van der Waals surface area contributed by atoms with Gasteiger partial charge >= 0.3 is 12.4 Å². The van der Waals surface area contributed by atoms with Crippen LogP contribution in [0.15, 0.2) is 36.4 Å². The molecular formula is C33H42F6N4O4. The number of anilines is 1. The molecule has 2 unspecified atom stereocenters. The number of carbonyl (C=O) groups excluding carboxylic acids is 1. The van der Waals surface area contributed by atoms with Crippen LogP contribution in [0.2, 0.25) is 0 Å². The number of rotatable bonds is 9. The molecule has 3 saturated heterocycles. The van der Waals surface area contributed by atoms with Gasteiger partial charge < -0.3 is 24.0 Å². The normalized spacial score (nSPS) is 22.1. The minimum atomic E-state index is -5.05. The van der Waals surface area contributed by atoms with Gasteiger partial charge in [-0.25, -0.2) is 0 Å². The lowest BCUT2D eigenvalue weighted by molar-refractivity contribution is -0.143. The smallest absolute Gasteiger partial charge is 0.382 e. The summed E-state index contributed by atoms with van der Waals surface area (Å²) in [4.78, 5) is 22.0. The van der Waals surface area contributed by atoms with E-state index in [-0.39, 0.29) is 18.7 Å². The number of methoxy groups -OCH3 is 1. The van der Waals surface area contributed by atoms with E-state index in [1.165, 1.54) is 4.90 Å². The standard InChI is InChI=1S/C33H42F6N4O4/c1-23-3-4-24(16-30(23)42-10-12-46-13-11-42)15-28-20-40(5-6-41-9-14-47-29(21-41)22-45-2)7-8-43(28)31(44)25-17-26(32(34,35)36)19-27(18-25)33(37,38)39/h3-4,16-19,28-29H,5-15,20-22H2,1-2H3. The van der Waals surface area contributed by atoms with Crippen LogP contribution in [0.3, 0.4) is 0 Å². The van der Waals surface area contributed by atoms with Gasteiger partial charge in [-0.3, -0.25) is 14.6 Å². The van der Waals surface area contributed by atoms with E-state index in [0.29, 0.717) is 64.6 Å². The van der Waals surface area contributed by atoms with Gasteiger partial charge in [0.15, 0.2) is 0 Å². The fraction of sp³-hybridized carbons (Fsp3) is 0.606. The van der Waals surface area contributed by atoms with E-state index in [9.17, 15) is 31.1 Å². The molecule has 0 radical (unpaired) electrons. The second-order valence-corrected chi connectivity index (χ2v) is 12.4. The predicted octanol–water partition coefficient (Wildman–Crippen LogP) is 4.59. The molecule has 2 aromatic rings. The lowest BCUT2D eigenvalue weighted by Crippen LogP contribution is -2.57. The molecular weight excluding hydrogens is 630 g/mol. The van der Waals surface area contributed by atoms with Crippen LogP contribution in [0, 0.1) is 6.92 Å². The van der Waals surface area contributed by atoms with Gasteiger partial charge in [-0.15, -0.1) is 0 Å². The molecule has 14 heteroatoms. The van der Waals surface area contributed by atoms with Crippen molar-refractivity contribution in [3.05, 3.63) is 64.2 Å². The van der Waals surface area contributed by atoms with Gasteiger partial charge in [-0.2, -0.15) is 26.3 Å². The Morgan fingerprint density at radius 3 is 2.15 bits per heavy atom. The Kier molecular flexibility index (Phi) is 11.4. The van der Waals surface area contributed by atoms with Crippen molar-refractivity contribution in [2.45, 2.75) is 37.8 Å². The third kappa shape index (κ3) is 9.17. The van der Waals surface area contributed by atoms with Crippen molar-refractivity contribution < 1.29 is 45.3 Å². The summed E-state index contributed by atoms with van der Waals surface area (Å²) in [6, 6.07) is 6.66. The van der Waals surface area contributed by atoms with E-state index in [4.69, 9.17) is 14.2 Å². The Bertz CT molecular complexity index is 1330. The van der Waals surface area contributed by atoms with E-state index < -0.39 is 41.0 Å². The van der Waals surface area contributed by atoms with Gasteiger partial charge in [-0.1, -0.05) is 12.1 Å². The molecule has 2 atom stereocenters. The number of morpholine rings is 2. The molecule has 1 amide bonds. The first-order valence-electron chi connectivity index (χ1n) is 15.9. The molecule has 8 nitrogen and oxygen atoms in total. The number of aryl methyl sites for hydroxylation is 1. The highest BCUT2D eigenvalue weighted by atomic mass is 19.4. The first-order chi connectivity index (χ1) is 22.3. The topological polar surface area (TPSA) is 57.7 Å². The van der Waals surface area contributed by atoms with Crippen LogP contribution in [0.4, 0.5) is 32.0 Å². The van der Waals surface area contributed by atoms with Crippen molar-refractivity contribution in [2.24, 2.45) is 0 Å². The summed E-state index contributed by atoms with van der Waals surface area (Å²) in [5.74, 6) is -0.845. The maximum Gasteiger partial charge on any atom is 0.416 e. The fourth-order valence-electron chi connectivity index (χ4n) is 6.56. The van der Waals surface area contributed by atoms with E-state index in [1.54, 1.807) is 7.11 Å². The number of benzene rings is 2. The molecule has 2 aromatic carbocycles. The molecule has 3 heterocycles. The zero-order valence-corrected chi connectivity index (χ0v) is 26.7. The monoisotopic (exact) mass is 672 g/mol.